The van der Waals surface area contributed by atoms with Crippen molar-refractivity contribution in [2.45, 2.75) is 33.6 Å². The Morgan fingerprint density at radius 2 is 1.95 bits per heavy atom. The number of sulfonamides is 1. The van der Waals surface area contributed by atoms with E-state index in [1.807, 2.05) is 6.92 Å². The van der Waals surface area contributed by atoms with E-state index >= 15 is 0 Å². The average molecular weight is 285 g/mol. The number of aromatic carboxylic acids is 1. The van der Waals surface area contributed by atoms with Crippen molar-refractivity contribution >= 4 is 21.7 Å². The molecule has 0 aliphatic heterocycles. The topological polar surface area (TPSA) is 83.5 Å². The molecule has 0 saturated carbocycles. The fourth-order valence-corrected chi connectivity index (χ4v) is 3.17. The largest absolute Gasteiger partial charge is 0.478 e. The number of benzene rings is 1. The molecule has 0 aromatic heterocycles. The number of carbonyl (C=O) groups is 1. The zero-order chi connectivity index (χ0) is 14.6. The van der Waals surface area contributed by atoms with Crippen LogP contribution in [0.15, 0.2) is 12.1 Å². The van der Waals surface area contributed by atoms with Crippen molar-refractivity contribution in [1.29, 1.82) is 0 Å². The molecule has 0 aliphatic carbocycles. The van der Waals surface area contributed by atoms with Gasteiger partial charge in [0.25, 0.3) is 0 Å². The maximum Gasteiger partial charge on any atom is 0.337 e. The molecule has 0 amide bonds. The molecule has 0 saturated heterocycles. The highest BCUT2D eigenvalue weighted by Crippen LogP contribution is 2.24. The van der Waals surface area contributed by atoms with E-state index in [4.69, 9.17) is 5.11 Å². The van der Waals surface area contributed by atoms with Crippen LogP contribution in [0.2, 0.25) is 0 Å². The van der Waals surface area contributed by atoms with E-state index in [0.29, 0.717) is 12.0 Å². The molecule has 5 nitrogen and oxygen atoms in total. The van der Waals surface area contributed by atoms with E-state index in [-0.39, 0.29) is 17.0 Å². The Kier molecular flexibility index (Phi) is 4.94. The van der Waals surface area contributed by atoms with E-state index in [0.717, 1.165) is 12.0 Å². The van der Waals surface area contributed by atoms with Crippen molar-refractivity contribution in [2.24, 2.45) is 0 Å². The maximum absolute atomic E-state index is 11.9. The Labute approximate surface area is 113 Å². The van der Waals surface area contributed by atoms with Crippen LogP contribution in [0.25, 0.3) is 0 Å². The van der Waals surface area contributed by atoms with Crippen molar-refractivity contribution in [3.63, 3.8) is 0 Å². The first kappa shape index (κ1) is 15.5. The van der Waals surface area contributed by atoms with Crippen LogP contribution >= 0.6 is 0 Å². The summed E-state index contributed by atoms with van der Waals surface area (Å²) in [6.45, 7) is 5.36. The lowest BCUT2D eigenvalue weighted by molar-refractivity contribution is 0.0698. The highest BCUT2D eigenvalue weighted by Gasteiger charge is 2.18. The molecule has 1 aromatic rings. The lowest BCUT2D eigenvalue weighted by Gasteiger charge is -2.14. The molecule has 0 spiro atoms. The number of aryl methyl sites for hydroxylation is 2. The molecule has 106 valence electrons. The Balaban J connectivity index is 3.17. The summed E-state index contributed by atoms with van der Waals surface area (Å²) in [6, 6.07) is 3.22. The van der Waals surface area contributed by atoms with E-state index < -0.39 is 16.0 Å². The number of rotatable bonds is 6. The summed E-state index contributed by atoms with van der Waals surface area (Å²) in [5, 5.41) is 9.15. The third-order valence-electron chi connectivity index (χ3n) is 2.73. The predicted molar refractivity (Wildman–Crippen MR) is 75.2 cm³/mol. The molecule has 1 aromatic carbocycles. The molecule has 0 atom stereocenters. The maximum atomic E-state index is 11.9. The molecule has 0 bridgehead atoms. The summed E-state index contributed by atoms with van der Waals surface area (Å²) in [7, 11) is -3.50. The highest BCUT2D eigenvalue weighted by atomic mass is 32.2. The molecule has 0 aliphatic rings. The fourth-order valence-electron chi connectivity index (χ4n) is 1.81. The standard InChI is InChI=1S/C13H19NO4S/c1-4-5-6-19(17,18)14-12-10(3)7-9(2)8-11(12)13(15)16/h7-8,14H,4-6H2,1-3H3,(H,15,16). The Morgan fingerprint density at radius 1 is 1.32 bits per heavy atom. The van der Waals surface area contributed by atoms with E-state index in [9.17, 15) is 13.2 Å². The van der Waals surface area contributed by atoms with Gasteiger partial charge >= 0.3 is 5.97 Å². The second-order valence-corrected chi connectivity index (χ2v) is 6.43. The SMILES string of the molecule is CCCCS(=O)(=O)Nc1c(C)cc(C)cc1C(=O)O. The van der Waals surface area contributed by atoms with Gasteiger partial charge in [-0.3, -0.25) is 4.72 Å². The number of nitrogens with one attached hydrogen (secondary N) is 1. The van der Waals surface area contributed by atoms with Crippen LogP contribution in [0.3, 0.4) is 0 Å². The number of unbranched alkanes of at least 4 members (excludes halogenated alkanes) is 1. The summed E-state index contributed by atoms with van der Waals surface area (Å²) in [5.41, 5.74) is 1.54. The molecule has 0 unspecified atom stereocenters. The minimum absolute atomic E-state index is 0.00409. The Morgan fingerprint density at radius 3 is 2.47 bits per heavy atom. The minimum atomic E-state index is -3.50. The van der Waals surface area contributed by atoms with Crippen LogP contribution in [-0.2, 0) is 10.0 Å². The Bertz CT molecular complexity index is 579. The molecular formula is C13H19NO4S. The van der Waals surface area contributed by atoms with Crippen LogP contribution in [-0.4, -0.2) is 25.2 Å². The van der Waals surface area contributed by atoms with Gasteiger partial charge in [0.2, 0.25) is 10.0 Å². The zero-order valence-electron chi connectivity index (χ0n) is 11.4. The first-order valence-electron chi connectivity index (χ1n) is 6.12. The number of carboxylic acid groups (broad SMARTS) is 1. The van der Waals surface area contributed by atoms with Crippen LogP contribution in [0.4, 0.5) is 5.69 Å². The quantitative estimate of drug-likeness (QED) is 0.841. The molecular weight excluding hydrogens is 266 g/mol. The summed E-state index contributed by atoms with van der Waals surface area (Å²) in [4.78, 5) is 11.2. The number of hydrogen-bond donors (Lipinski definition) is 2. The van der Waals surface area contributed by atoms with Gasteiger partial charge in [-0.1, -0.05) is 19.4 Å². The van der Waals surface area contributed by atoms with Gasteiger partial charge in [-0.05, 0) is 37.5 Å². The van der Waals surface area contributed by atoms with Gasteiger partial charge in [0.1, 0.15) is 0 Å². The molecule has 1 rings (SSSR count). The van der Waals surface area contributed by atoms with Crippen LogP contribution in [0.5, 0.6) is 0 Å². The zero-order valence-corrected chi connectivity index (χ0v) is 12.2. The summed E-state index contributed by atoms with van der Waals surface area (Å²) >= 11 is 0. The van der Waals surface area contributed by atoms with Crippen molar-refractivity contribution in [1.82, 2.24) is 0 Å². The van der Waals surface area contributed by atoms with Crippen LogP contribution in [0, 0.1) is 13.8 Å². The van der Waals surface area contributed by atoms with E-state index in [1.165, 1.54) is 6.07 Å². The van der Waals surface area contributed by atoms with Gasteiger partial charge < -0.3 is 5.11 Å². The predicted octanol–water partition coefficient (Wildman–Crippen LogP) is 2.54. The molecule has 0 radical (unpaired) electrons. The minimum Gasteiger partial charge on any atom is -0.478 e. The summed E-state index contributed by atoms with van der Waals surface area (Å²) < 4.78 is 26.1. The summed E-state index contributed by atoms with van der Waals surface area (Å²) in [5.74, 6) is -1.14. The van der Waals surface area contributed by atoms with Gasteiger partial charge in [-0.2, -0.15) is 0 Å². The smallest absolute Gasteiger partial charge is 0.337 e. The lowest BCUT2D eigenvalue weighted by Crippen LogP contribution is -2.19. The number of anilines is 1. The molecule has 19 heavy (non-hydrogen) atoms. The van der Waals surface area contributed by atoms with Crippen molar-refractivity contribution in [3.05, 3.63) is 28.8 Å². The molecule has 0 fully saturated rings. The van der Waals surface area contributed by atoms with E-state index in [1.54, 1.807) is 19.9 Å². The first-order valence-corrected chi connectivity index (χ1v) is 7.77. The van der Waals surface area contributed by atoms with Gasteiger partial charge in [-0.15, -0.1) is 0 Å². The monoisotopic (exact) mass is 285 g/mol. The second kappa shape index (κ2) is 6.06. The third-order valence-corrected chi connectivity index (χ3v) is 4.08. The lowest BCUT2D eigenvalue weighted by atomic mass is 10.0. The van der Waals surface area contributed by atoms with Crippen LogP contribution < -0.4 is 4.72 Å². The van der Waals surface area contributed by atoms with Gasteiger partial charge in [0.15, 0.2) is 0 Å². The van der Waals surface area contributed by atoms with Gasteiger partial charge in [-0.25, -0.2) is 13.2 Å². The summed E-state index contributed by atoms with van der Waals surface area (Å²) in [6.07, 6.45) is 1.31. The number of hydrogen-bond acceptors (Lipinski definition) is 3. The first-order chi connectivity index (χ1) is 8.76. The van der Waals surface area contributed by atoms with Gasteiger partial charge in [0.05, 0.1) is 17.0 Å². The Hall–Kier alpha value is -1.56. The van der Waals surface area contributed by atoms with Crippen LogP contribution in [0.1, 0.15) is 41.3 Å². The van der Waals surface area contributed by atoms with Crippen molar-refractivity contribution in [2.75, 3.05) is 10.5 Å². The van der Waals surface area contributed by atoms with Crippen molar-refractivity contribution in [3.8, 4) is 0 Å². The van der Waals surface area contributed by atoms with Crippen molar-refractivity contribution < 1.29 is 18.3 Å². The number of carboxylic acids is 1. The van der Waals surface area contributed by atoms with Gasteiger partial charge in [0, 0.05) is 0 Å². The normalized spacial score (nSPS) is 11.3. The third kappa shape index (κ3) is 4.24. The fraction of sp³-hybridized carbons (Fsp3) is 0.462. The average Bonchev–Trinajstić information content (AvgIpc) is 2.29. The molecule has 0 heterocycles. The van der Waals surface area contributed by atoms with E-state index in [2.05, 4.69) is 4.72 Å². The highest BCUT2D eigenvalue weighted by molar-refractivity contribution is 7.92. The second-order valence-electron chi connectivity index (χ2n) is 4.58. The molecule has 6 heteroatoms. The molecule has 2 N–H and O–H groups in total.